The first-order valence-electron chi connectivity index (χ1n) is 8.97. The van der Waals surface area contributed by atoms with E-state index in [2.05, 4.69) is 15.2 Å². The zero-order chi connectivity index (χ0) is 17.9. The minimum Gasteiger partial charge on any atom is -0.467 e. The van der Waals surface area contributed by atoms with Crippen LogP contribution in [0.2, 0.25) is 0 Å². The van der Waals surface area contributed by atoms with Crippen molar-refractivity contribution < 1.29 is 18.7 Å². The van der Waals surface area contributed by atoms with E-state index < -0.39 is 0 Å². The molecule has 0 aliphatic carbocycles. The molecule has 1 fully saturated rings. The van der Waals surface area contributed by atoms with E-state index in [1.165, 1.54) is 0 Å². The van der Waals surface area contributed by atoms with Crippen LogP contribution in [0.3, 0.4) is 0 Å². The maximum absolute atomic E-state index is 11.8. The van der Waals surface area contributed by atoms with Gasteiger partial charge in [-0.1, -0.05) is 0 Å². The van der Waals surface area contributed by atoms with E-state index in [0.29, 0.717) is 19.8 Å². The van der Waals surface area contributed by atoms with Gasteiger partial charge in [0.1, 0.15) is 12.4 Å². The van der Waals surface area contributed by atoms with Gasteiger partial charge in [0, 0.05) is 33.3 Å². The Balaban J connectivity index is 0.00000338. The quantitative estimate of drug-likeness (QED) is 0.203. The maximum atomic E-state index is 11.8. The number of esters is 1. The van der Waals surface area contributed by atoms with E-state index in [4.69, 9.17) is 13.9 Å². The van der Waals surface area contributed by atoms with Crippen molar-refractivity contribution in [3.63, 3.8) is 0 Å². The Morgan fingerprint density at radius 2 is 2.19 bits per heavy atom. The molecule has 7 nitrogen and oxygen atoms in total. The Morgan fingerprint density at radius 1 is 1.42 bits per heavy atom. The van der Waals surface area contributed by atoms with Crippen molar-refractivity contribution in [3.05, 3.63) is 24.2 Å². The second-order valence-electron chi connectivity index (χ2n) is 5.97. The van der Waals surface area contributed by atoms with Crippen molar-refractivity contribution in [3.8, 4) is 0 Å². The third kappa shape index (κ3) is 7.53. The van der Waals surface area contributed by atoms with E-state index in [-0.39, 0.29) is 35.9 Å². The molecule has 26 heavy (non-hydrogen) atoms. The first-order chi connectivity index (χ1) is 12.2. The number of aliphatic imine (C=N–C) groups is 1. The molecule has 0 saturated carbocycles. The molecule has 8 heteroatoms. The van der Waals surface area contributed by atoms with E-state index in [9.17, 15) is 4.79 Å². The highest BCUT2D eigenvalue weighted by atomic mass is 127. The fourth-order valence-corrected chi connectivity index (χ4v) is 2.86. The molecule has 0 radical (unpaired) electrons. The summed E-state index contributed by atoms with van der Waals surface area (Å²) in [5.74, 6) is 1.67. The Labute approximate surface area is 172 Å². The van der Waals surface area contributed by atoms with Gasteiger partial charge in [0.2, 0.25) is 0 Å². The van der Waals surface area contributed by atoms with Gasteiger partial charge >= 0.3 is 5.97 Å². The molecular formula is C18H30IN3O4. The number of guanidine groups is 1. The summed E-state index contributed by atoms with van der Waals surface area (Å²) in [7, 11) is 1.78. The van der Waals surface area contributed by atoms with E-state index in [0.717, 1.165) is 50.6 Å². The van der Waals surface area contributed by atoms with Gasteiger partial charge in [-0.15, -0.1) is 24.0 Å². The van der Waals surface area contributed by atoms with Gasteiger partial charge < -0.3 is 24.1 Å². The highest BCUT2D eigenvalue weighted by molar-refractivity contribution is 14.0. The second-order valence-corrected chi connectivity index (χ2v) is 5.97. The molecule has 2 rings (SSSR count). The summed E-state index contributed by atoms with van der Waals surface area (Å²) in [4.78, 5) is 18.3. The summed E-state index contributed by atoms with van der Waals surface area (Å²) in [6, 6.07) is 3.76. The second kappa shape index (κ2) is 13.0. The van der Waals surface area contributed by atoms with Gasteiger partial charge in [-0.25, -0.2) is 0 Å². The Morgan fingerprint density at radius 3 is 2.81 bits per heavy atom. The first kappa shape index (κ1) is 22.8. The molecule has 1 aliphatic rings. The van der Waals surface area contributed by atoms with Crippen LogP contribution in [-0.2, 0) is 20.9 Å². The van der Waals surface area contributed by atoms with Crippen LogP contribution in [0.4, 0.5) is 0 Å². The number of halogens is 1. The molecule has 1 aromatic heterocycles. The van der Waals surface area contributed by atoms with Crippen molar-refractivity contribution >= 4 is 35.9 Å². The Bertz CT molecular complexity index is 529. The Hall–Kier alpha value is -1.29. The lowest BCUT2D eigenvalue weighted by Crippen LogP contribution is -2.47. The lowest BCUT2D eigenvalue weighted by molar-refractivity contribution is -0.149. The number of rotatable bonds is 8. The number of furan rings is 1. The SMILES string of the molecule is CCOC(=O)C1CCN(C(=NC)NCCCOCc2ccco2)CC1.I. The van der Waals surface area contributed by atoms with Crippen LogP contribution in [0.1, 0.15) is 31.9 Å². The number of hydrogen-bond acceptors (Lipinski definition) is 5. The molecule has 148 valence electrons. The standard InChI is InChI=1S/C18H29N3O4.HI/c1-3-24-17(22)15-7-10-21(11-8-15)18(19-2)20-9-5-12-23-14-16-6-4-13-25-16;/h4,6,13,15H,3,5,7-12,14H2,1-2H3,(H,19,20);1H. The number of carbonyl (C=O) groups excluding carboxylic acids is 1. The normalized spacial score (nSPS) is 15.5. The zero-order valence-electron chi connectivity index (χ0n) is 15.6. The smallest absolute Gasteiger partial charge is 0.309 e. The third-order valence-corrected chi connectivity index (χ3v) is 4.20. The summed E-state index contributed by atoms with van der Waals surface area (Å²) in [6.45, 7) is 5.89. The minimum absolute atomic E-state index is 0. The summed E-state index contributed by atoms with van der Waals surface area (Å²) < 4.78 is 15.9. The van der Waals surface area contributed by atoms with Crippen LogP contribution in [0.25, 0.3) is 0 Å². The van der Waals surface area contributed by atoms with Crippen LogP contribution in [-0.4, -0.2) is 56.7 Å². The predicted molar refractivity (Wildman–Crippen MR) is 111 cm³/mol. The number of nitrogens with one attached hydrogen (secondary N) is 1. The van der Waals surface area contributed by atoms with Gasteiger partial charge in [-0.2, -0.15) is 0 Å². The van der Waals surface area contributed by atoms with Gasteiger partial charge in [0.25, 0.3) is 0 Å². The highest BCUT2D eigenvalue weighted by Crippen LogP contribution is 2.18. The van der Waals surface area contributed by atoms with Gasteiger partial charge in [0.15, 0.2) is 5.96 Å². The van der Waals surface area contributed by atoms with Gasteiger partial charge in [-0.3, -0.25) is 9.79 Å². The molecule has 1 aliphatic heterocycles. The number of ether oxygens (including phenoxy) is 2. The van der Waals surface area contributed by atoms with Crippen molar-refractivity contribution in [2.75, 3.05) is 39.9 Å². The largest absolute Gasteiger partial charge is 0.467 e. The molecule has 1 N–H and O–H groups in total. The van der Waals surface area contributed by atoms with Crippen LogP contribution in [0.15, 0.2) is 27.8 Å². The lowest BCUT2D eigenvalue weighted by Gasteiger charge is -2.33. The molecule has 0 unspecified atom stereocenters. The van der Waals surface area contributed by atoms with Crippen molar-refractivity contribution in [2.24, 2.45) is 10.9 Å². The minimum atomic E-state index is -0.0706. The molecular weight excluding hydrogens is 449 g/mol. The molecule has 0 bridgehead atoms. The number of carbonyl (C=O) groups is 1. The summed E-state index contributed by atoms with van der Waals surface area (Å²) in [6.07, 6.45) is 4.16. The maximum Gasteiger partial charge on any atom is 0.309 e. The zero-order valence-corrected chi connectivity index (χ0v) is 17.9. The van der Waals surface area contributed by atoms with Crippen molar-refractivity contribution in [2.45, 2.75) is 32.8 Å². The van der Waals surface area contributed by atoms with Gasteiger partial charge in [0.05, 0.1) is 18.8 Å². The summed E-state index contributed by atoms with van der Waals surface area (Å²) >= 11 is 0. The lowest BCUT2D eigenvalue weighted by atomic mass is 9.97. The number of hydrogen-bond donors (Lipinski definition) is 1. The van der Waals surface area contributed by atoms with Crippen LogP contribution in [0, 0.1) is 5.92 Å². The Kier molecular flexibility index (Phi) is 11.3. The average Bonchev–Trinajstić information content (AvgIpc) is 3.15. The van der Waals surface area contributed by atoms with Crippen LogP contribution in [0.5, 0.6) is 0 Å². The monoisotopic (exact) mass is 479 g/mol. The van der Waals surface area contributed by atoms with Gasteiger partial charge in [-0.05, 0) is 38.3 Å². The van der Waals surface area contributed by atoms with Crippen LogP contribution < -0.4 is 5.32 Å². The van der Waals surface area contributed by atoms with E-state index >= 15 is 0 Å². The van der Waals surface area contributed by atoms with E-state index in [1.807, 2.05) is 19.1 Å². The molecule has 2 heterocycles. The average molecular weight is 479 g/mol. The fourth-order valence-electron chi connectivity index (χ4n) is 2.86. The van der Waals surface area contributed by atoms with E-state index in [1.54, 1.807) is 13.3 Å². The number of nitrogens with zero attached hydrogens (tertiary/aromatic N) is 2. The van der Waals surface area contributed by atoms with Crippen molar-refractivity contribution in [1.82, 2.24) is 10.2 Å². The van der Waals surface area contributed by atoms with Crippen molar-refractivity contribution in [1.29, 1.82) is 0 Å². The number of piperidine rings is 1. The highest BCUT2D eigenvalue weighted by Gasteiger charge is 2.27. The molecule has 0 spiro atoms. The first-order valence-corrected chi connectivity index (χ1v) is 8.97. The fraction of sp³-hybridized carbons (Fsp3) is 0.667. The molecule has 1 aromatic rings. The molecule has 1 saturated heterocycles. The summed E-state index contributed by atoms with van der Waals surface area (Å²) in [5.41, 5.74) is 0. The third-order valence-electron chi connectivity index (χ3n) is 4.20. The van der Waals surface area contributed by atoms with Crippen LogP contribution >= 0.6 is 24.0 Å². The molecule has 0 atom stereocenters. The molecule has 0 aromatic carbocycles. The number of likely N-dealkylation sites (tertiary alicyclic amines) is 1. The molecule has 0 amide bonds. The summed E-state index contributed by atoms with van der Waals surface area (Å²) in [5, 5.41) is 3.36. The predicted octanol–water partition coefficient (Wildman–Crippen LogP) is 2.65. The topological polar surface area (TPSA) is 76.3 Å².